The average molecular weight is 270 g/mol. The summed E-state index contributed by atoms with van der Waals surface area (Å²) in [6, 6.07) is 6.15. The van der Waals surface area contributed by atoms with Gasteiger partial charge in [-0.3, -0.25) is 5.43 Å². The van der Waals surface area contributed by atoms with Gasteiger partial charge in [-0.05, 0) is 12.1 Å². The van der Waals surface area contributed by atoms with Crippen molar-refractivity contribution in [3.63, 3.8) is 0 Å². The summed E-state index contributed by atoms with van der Waals surface area (Å²) in [7, 11) is 0. The number of morpholine rings is 1. The minimum Gasteiger partial charge on any atom is -0.488 e. The van der Waals surface area contributed by atoms with Crippen molar-refractivity contribution in [1.82, 2.24) is 10.4 Å². The molecule has 0 radical (unpaired) electrons. The van der Waals surface area contributed by atoms with E-state index in [-0.39, 0.29) is 12.4 Å². The maximum atomic E-state index is 13.3. The summed E-state index contributed by atoms with van der Waals surface area (Å²) in [4.78, 5) is 0. The van der Waals surface area contributed by atoms with Crippen LogP contribution in [0.15, 0.2) is 24.3 Å². The van der Waals surface area contributed by atoms with E-state index in [0.29, 0.717) is 19.8 Å². The molecule has 1 aromatic rings. The maximum Gasteiger partial charge on any atom is 0.165 e. The standard InChI is InChI=1S/C13H19FN2O3/c14-12-3-1-2-4-13(12)19-10-11(17)9-15-16-5-7-18-8-6-16/h1-4,11,15,17H,5-10H2. The molecule has 19 heavy (non-hydrogen) atoms. The molecule has 1 heterocycles. The zero-order chi connectivity index (χ0) is 13.5. The van der Waals surface area contributed by atoms with E-state index in [4.69, 9.17) is 9.47 Å². The van der Waals surface area contributed by atoms with E-state index in [9.17, 15) is 9.50 Å². The summed E-state index contributed by atoms with van der Waals surface area (Å²) >= 11 is 0. The molecule has 0 spiro atoms. The van der Waals surface area contributed by atoms with Gasteiger partial charge in [0.05, 0.1) is 13.2 Å². The molecular formula is C13H19FN2O3. The van der Waals surface area contributed by atoms with Gasteiger partial charge in [0.25, 0.3) is 0 Å². The van der Waals surface area contributed by atoms with Crippen LogP contribution in [0.2, 0.25) is 0 Å². The van der Waals surface area contributed by atoms with Crippen molar-refractivity contribution in [2.45, 2.75) is 6.10 Å². The third kappa shape index (κ3) is 4.76. The molecule has 1 aliphatic heterocycles. The minimum atomic E-state index is -0.692. The molecule has 6 heteroatoms. The Morgan fingerprint density at radius 3 is 2.84 bits per heavy atom. The van der Waals surface area contributed by atoms with Crippen molar-refractivity contribution in [2.24, 2.45) is 0 Å². The molecule has 0 saturated carbocycles. The fourth-order valence-electron chi connectivity index (χ4n) is 1.76. The Hall–Kier alpha value is -1.21. The number of hydrogen-bond donors (Lipinski definition) is 2. The fourth-order valence-corrected chi connectivity index (χ4v) is 1.76. The van der Waals surface area contributed by atoms with Crippen molar-refractivity contribution in [3.05, 3.63) is 30.1 Å². The topological polar surface area (TPSA) is 54.0 Å². The van der Waals surface area contributed by atoms with Gasteiger partial charge in [-0.15, -0.1) is 0 Å². The number of hydrogen-bond acceptors (Lipinski definition) is 5. The molecule has 2 rings (SSSR count). The quantitative estimate of drug-likeness (QED) is 0.784. The number of aliphatic hydroxyl groups excluding tert-OH is 1. The summed E-state index contributed by atoms with van der Waals surface area (Å²) in [5, 5.41) is 11.8. The second-order valence-corrected chi connectivity index (χ2v) is 4.36. The second kappa shape index (κ2) is 7.40. The van der Waals surface area contributed by atoms with Crippen molar-refractivity contribution in [1.29, 1.82) is 0 Å². The third-order valence-corrected chi connectivity index (χ3v) is 2.83. The molecule has 1 fully saturated rings. The van der Waals surface area contributed by atoms with Crippen molar-refractivity contribution in [3.8, 4) is 5.75 Å². The monoisotopic (exact) mass is 270 g/mol. The van der Waals surface area contributed by atoms with Crippen LogP contribution in [0.1, 0.15) is 0 Å². The first-order chi connectivity index (χ1) is 9.25. The van der Waals surface area contributed by atoms with E-state index in [1.165, 1.54) is 12.1 Å². The van der Waals surface area contributed by atoms with E-state index in [0.717, 1.165) is 13.1 Å². The van der Waals surface area contributed by atoms with Gasteiger partial charge in [0.1, 0.15) is 12.7 Å². The molecule has 0 aliphatic carbocycles. The molecule has 5 nitrogen and oxygen atoms in total. The van der Waals surface area contributed by atoms with Crippen LogP contribution in [0.5, 0.6) is 5.75 Å². The molecule has 1 saturated heterocycles. The van der Waals surface area contributed by atoms with E-state index in [1.54, 1.807) is 12.1 Å². The first-order valence-electron chi connectivity index (χ1n) is 6.37. The molecule has 0 amide bonds. The van der Waals surface area contributed by atoms with Crippen molar-refractivity contribution in [2.75, 3.05) is 39.5 Å². The molecule has 1 atom stereocenters. The van der Waals surface area contributed by atoms with Gasteiger partial charge < -0.3 is 14.6 Å². The largest absolute Gasteiger partial charge is 0.488 e. The molecule has 2 N–H and O–H groups in total. The lowest BCUT2D eigenvalue weighted by Gasteiger charge is -2.28. The van der Waals surface area contributed by atoms with Crippen LogP contribution >= 0.6 is 0 Å². The molecular weight excluding hydrogens is 251 g/mol. The van der Waals surface area contributed by atoms with Crippen LogP contribution in [0.25, 0.3) is 0 Å². The highest BCUT2D eigenvalue weighted by atomic mass is 19.1. The number of benzene rings is 1. The number of para-hydroxylation sites is 1. The Balaban J connectivity index is 1.66. The van der Waals surface area contributed by atoms with Gasteiger partial charge in [0, 0.05) is 19.6 Å². The fraction of sp³-hybridized carbons (Fsp3) is 0.538. The van der Waals surface area contributed by atoms with Gasteiger partial charge in [0.15, 0.2) is 11.6 Å². The number of hydrazine groups is 1. The van der Waals surface area contributed by atoms with E-state index in [1.807, 2.05) is 5.01 Å². The summed E-state index contributed by atoms with van der Waals surface area (Å²) in [6.45, 7) is 3.39. The van der Waals surface area contributed by atoms with E-state index >= 15 is 0 Å². The third-order valence-electron chi connectivity index (χ3n) is 2.83. The first kappa shape index (κ1) is 14.2. The van der Waals surface area contributed by atoms with Gasteiger partial charge in [-0.2, -0.15) is 0 Å². The highest BCUT2D eigenvalue weighted by Gasteiger charge is 2.12. The smallest absolute Gasteiger partial charge is 0.165 e. The van der Waals surface area contributed by atoms with E-state index < -0.39 is 11.9 Å². The Kier molecular flexibility index (Phi) is 5.53. The molecule has 1 unspecified atom stereocenters. The summed E-state index contributed by atoms with van der Waals surface area (Å²) in [5.41, 5.74) is 3.10. The lowest BCUT2D eigenvalue weighted by Crippen LogP contribution is -2.48. The van der Waals surface area contributed by atoms with Gasteiger partial charge in [0.2, 0.25) is 0 Å². The summed E-state index contributed by atoms with van der Waals surface area (Å²) in [5.74, 6) is -0.260. The molecule has 106 valence electrons. The average Bonchev–Trinajstić information content (AvgIpc) is 2.45. The zero-order valence-electron chi connectivity index (χ0n) is 10.7. The van der Waals surface area contributed by atoms with Crippen LogP contribution in [0, 0.1) is 5.82 Å². The molecule has 0 aromatic heterocycles. The Morgan fingerprint density at radius 2 is 2.11 bits per heavy atom. The molecule has 0 bridgehead atoms. The van der Waals surface area contributed by atoms with Gasteiger partial charge in [-0.25, -0.2) is 9.40 Å². The Morgan fingerprint density at radius 1 is 1.37 bits per heavy atom. The predicted octanol–water partition coefficient (Wildman–Crippen LogP) is 0.402. The van der Waals surface area contributed by atoms with Gasteiger partial charge in [-0.1, -0.05) is 12.1 Å². The highest BCUT2D eigenvalue weighted by molar-refractivity contribution is 5.23. The number of nitrogens with zero attached hydrogens (tertiary/aromatic N) is 1. The van der Waals surface area contributed by atoms with Crippen LogP contribution in [-0.2, 0) is 4.74 Å². The van der Waals surface area contributed by atoms with Crippen LogP contribution in [0.3, 0.4) is 0 Å². The highest BCUT2D eigenvalue weighted by Crippen LogP contribution is 2.15. The second-order valence-electron chi connectivity index (χ2n) is 4.36. The lowest BCUT2D eigenvalue weighted by atomic mass is 10.3. The normalized spacial score (nSPS) is 18.2. The maximum absolute atomic E-state index is 13.3. The SMILES string of the molecule is OC(CNN1CCOCC1)COc1ccccc1F. The van der Waals surface area contributed by atoms with Crippen LogP contribution in [0.4, 0.5) is 4.39 Å². The lowest BCUT2D eigenvalue weighted by molar-refractivity contribution is -0.000935. The van der Waals surface area contributed by atoms with E-state index in [2.05, 4.69) is 5.43 Å². The number of nitrogens with one attached hydrogen (secondary N) is 1. The number of halogens is 1. The van der Waals surface area contributed by atoms with Crippen molar-refractivity contribution >= 4 is 0 Å². The predicted molar refractivity (Wildman–Crippen MR) is 68.3 cm³/mol. The molecule has 1 aromatic carbocycles. The summed E-state index contributed by atoms with van der Waals surface area (Å²) < 4.78 is 23.7. The first-order valence-corrected chi connectivity index (χ1v) is 6.37. The Bertz CT molecular complexity index is 386. The summed E-state index contributed by atoms with van der Waals surface area (Å²) in [6.07, 6.45) is -0.692. The number of aliphatic hydroxyl groups is 1. The number of ether oxygens (including phenoxy) is 2. The Labute approximate surface area is 111 Å². The van der Waals surface area contributed by atoms with Crippen LogP contribution in [-0.4, -0.2) is 55.7 Å². The van der Waals surface area contributed by atoms with Crippen LogP contribution < -0.4 is 10.2 Å². The molecule has 1 aliphatic rings. The minimum absolute atomic E-state index is 0.0538. The zero-order valence-corrected chi connectivity index (χ0v) is 10.7. The number of rotatable bonds is 6. The van der Waals surface area contributed by atoms with Crippen molar-refractivity contribution < 1.29 is 19.0 Å². The van der Waals surface area contributed by atoms with Gasteiger partial charge >= 0.3 is 0 Å².